The molecule has 0 fully saturated rings. The molecule has 0 bridgehead atoms. The quantitative estimate of drug-likeness (QED) is 0.135. The van der Waals surface area contributed by atoms with Crippen LogP contribution >= 0.6 is 0 Å². The predicted octanol–water partition coefficient (Wildman–Crippen LogP) is 17.0. The van der Waals surface area contributed by atoms with Gasteiger partial charge in [0.15, 0.2) is 0 Å². The Kier molecular flexibility index (Phi) is 9.44. The van der Waals surface area contributed by atoms with E-state index in [9.17, 15) is 0 Å². The maximum atomic E-state index is 6.14. The van der Waals surface area contributed by atoms with Gasteiger partial charge in [0.05, 0.1) is 5.52 Å². The molecule has 0 aliphatic rings. The largest absolute Gasteiger partial charge is 0.456 e. The second-order valence-corrected chi connectivity index (χ2v) is 16.3. The molecular weight excluding hydrogens is 765 g/mol. The molecule has 0 spiro atoms. The lowest BCUT2D eigenvalue weighted by Crippen LogP contribution is -2.11. The predicted molar refractivity (Wildman–Crippen MR) is 268 cm³/mol. The van der Waals surface area contributed by atoms with Crippen LogP contribution in [0.15, 0.2) is 223 Å². The van der Waals surface area contributed by atoms with E-state index in [1.165, 1.54) is 49.5 Å². The van der Waals surface area contributed by atoms with Crippen molar-refractivity contribution in [2.45, 2.75) is 13.8 Å². The summed E-state index contributed by atoms with van der Waals surface area (Å²) in [6.45, 7) is 8.36. The number of fused-ring (bicyclic) bond motifs is 5. The Bertz CT molecular complexity index is 3540. The van der Waals surface area contributed by atoms with Gasteiger partial charge in [-0.2, -0.15) is 0 Å². The molecule has 0 N–H and O–H groups in total. The zero-order valence-corrected chi connectivity index (χ0v) is 35.3. The summed E-state index contributed by atoms with van der Waals surface area (Å²) in [5.74, 6) is 0. The number of para-hydroxylation sites is 2. The van der Waals surface area contributed by atoms with Crippen LogP contribution in [0.1, 0.15) is 16.8 Å². The van der Waals surface area contributed by atoms with E-state index in [4.69, 9.17) is 4.42 Å². The zero-order chi connectivity index (χ0) is 42.4. The Balaban J connectivity index is 0.990. The highest BCUT2D eigenvalue weighted by Gasteiger charge is 2.18. The van der Waals surface area contributed by atoms with Crippen molar-refractivity contribution in [1.29, 1.82) is 0 Å². The maximum absolute atomic E-state index is 6.14. The van der Waals surface area contributed by atoms with Crippen molar-refractivity contribution >= 4 is 66.8 Å². The van der Waals surface area contributed by atoms with E-state index >= 15 is 0 Å². The number of hydrogen-bond donors (Lipinski definition) is 0. The minimum atomic E-state index is 0.902. The van der Waals surface area contributed by atoms with Gasteiger partial charge >= 0.3 is 0 Å². The van der Waals surface area contributed by atoms with Crippen molar-refractivity contribution in [3.8, 4) is 39.1 Å². The highest BCUT2D eigenvalue weighted by Crippen LogP contribution is 2.41. The molecule has 2 heterocycles. The fourth-order valence-electron chi connectivity index (χ4n) is 9.37. The van der Waals surface area contributed by atoms with Gasteiger partial charge in [-0.3, -0.25) is 0 Å². The molecule has 0 unspecified atom stereocenters. The lowest BCUT2D eigenvalue weighted by atomic mass is 9.97. The molecule has 0 saturated carbocycles. The summed E-state index contributed by atoms with van der Waals surface area (Å²) in [5.41, 5.74) is 18.0. The summed E-state index contributed by atoms with van der Waals surface area (Å²) in [6, 6.07) is 72.2. The summed E-state index contributed by atoms with van der Waals surface area (Å²) < 4.78 is 8.50. The first-order valence-corrected chi connectivity index (χ1v) is 21.5. The first kappa shape index (κ1) is 37.8. The van der Waals surface area contributed by atoms with E-state index in [1.54, 1.807) is 0 Å². The third-order valence-electron chi connectivity index (χ3n) is 12.5. The van der Waals surface area contributed by atoms with E-state index in [0.717, 1.165) is 67.1 Å². The standard InChI is InChI=1S/C60H44N2O/c1-4-5-22-57-41(3)51-18-8-10-23-58(51)62(57)50-17-12-16-45(38-50)46-29-35-56(40(2)37-46)61(49-33-27-44(28-34-49)53-21-13-15-43-14-6-7-19-52(43)53)48-31-25-42(26-32-48)47-30-36-60-55(39-47)54-20-9-11-24-59(54)63-60/h4-39H,1H2,2-3H3/b22-5-. The summed E-state index contributed by atoms with van der Waals surface area (Å²) in [7, 11) is 0. The number of nitrogens with zero attached hydrogens (tertiary/aromatic N) is 2. The first-order chi connectivity index (χ1) is 31.0. The van der Waals surface area contributed by atoms with Gasteiger partial charge in [0, 0.05) is 44.6 Å². The normalized spacial score (nSPS) is 11.7. The molecule has 0 aliphatic heterocycles. The fraction of sp³-hybridized carbons (Fsp3) is 0.0333. The topological polar surface area (TPSA) is 21.3 Å². The van der Waals surface area contributed by atoms with Crippen LogP contribution in [0.3, 0.4) is 0 Å². The number of aryl methyl sites for hydroxylation is 2. The number of hydrogen-bond acceptors (Lipinski definition) is 2. The summed E-state index contributed by atoms with van der Waals surface area (Å²) in [6.07, 6.45) is 6.01. The lowest BCUT2D eigenvalue weighted by molar-refractivity contribution is 0.669. The average molecular weight is 809 g/mol. The third-order valence-corrected chi connectivity index (χ3v) is 12.5. The van der Waals surface area contributed by atoms with Crippen LogP contribution in [0.25, 0.3) is 88.8 Å². The smallest absolute Gasteiger partial charge is 0.135 e. The molecule has 3 nitrogen and oxygen atoms in total. The zero-order valence-electron chi connectivity index (χ0n) is 35.3. The van der Waals surface area contributed by atoms with Gasteiger partial charge in [0.1, 0.15) is 11.2 Å². The van der Waals surface area contributed by atoms with Crippen LogP contribution in [0.5, 0.6) is 0 Å². The number of rotatable bonds is 9. The number of anilines is 3. The fourth-order valence-corrected chi connectivity index (χ4v) is 9.37. The average Bonchev–Trinajstić information content (AvgIpc) is 3.85. The Labute approximate surface area is 367 Å². The summed E-state index contributed by atoms with van der Waals surface area (Å²) in [5, 5.41) is 6.00. The van der Waals surface area contributed by atoms with Gasteiger partial charge in [-0.25, -0.2) is 0 Å². The Morgan fingerprint density at radius 2 is 1.11 bits per heavy atom. The van der Waals surface area contributed by atoms with E-state index in [1.807, 2.05) is 24.3 Å². The maximum Gasteiger partial charge on any atom is 0.135 e. The van der Waals surface area contributed by atoms with Crippen LogP contribution in [0, 0.1) is 13.8 Å². The van der Waals surface area contributed by atoms with E-state index in [0.29, 0.717) is 0 Å². The molecule has 0 amide bonds. The molecule has 11 aromatic rings. The van der Waals surface area contributed by atoms with Crippen molar-refractivity contribution < 1.29 is 4.42 Å². The Hall–Kier alpha value is -8.14. The molecule has 300 valence electrons. The Morgan fingerprint density at radius 3 is 1.90 bits per heavy atom. The van der Waals surface area contributed by atoms with Crippen LogP contribution in [0.4, 0.5) is 17.1 Å². The second kappa shape index (κ2) is 15.7. The molecule has 9 aromatic carbocycles. The number of benzene rings is 9. The Morgan fingerprint density at radius 1 is 0.492 bits per heavy atom. The minimum Gasteiger partial charge on any atom is -0.456 e. The van der Waals surface area contributed by atoms with Crippen LogP contribution < -0.4 is 4.90 Å². The van der Waals surface area contributed by atoms with E-state index in [2.05, 4.69) is 224 Å². The molecular formula is C60H44N2O. The molecule has 0 atom stereocenters. The monoisotopic (exact) mass is 808 g/mol. The van der Waals surface area contributed by atoms with Gasteiger partial charge in [-0.05, 0) is 148 Å². The van der Waals surface area contributed by atoms with Crippen LogP contribution in [0.2, 0.25) is 0 Å². The third kappa shape index (κ3) is 6.72. The molecule has 63 heavy (non-hydrogen) atoms. The van der Waals surface area contributed by atoms with Crippen molar-refractivity contribution in [2.75, 3.05) is 4.90 Å². The van der Waals surface area contributed by atoms with Crippen molar-refractivity contribution in [3.63, 3.8) is 0 Å². The second-order valence-electron chi connectivity index (χ2n) is 16.3. The number of furan rings is 1. The van der Waals surface area contributed by atoms with E-state index < -0.39 is 0 Å². The number of aromatic nitrogens is 1. The van der Waals surface area contributed by atoms with Crippen molar-refractivity contribution in [1.82, 2.24) is 4.57 Å². The molecule has 3 heteroatoms. The van der Waals surface area contributed by atoms with Gasteiger partial charge < -0.3 is 13.9 Å². The van der Waals surface area contributed by atoms with Gasteiger partial charge in [-0.1, -0.05) is 146 Å². The summed E-state index contributed by atoms with van der Waals surface area (Å²) >= 11 is 0. The SMILES string of the molecule is C=C/C=C\c1c(C)c2ccccc2n1-c1cccc(-c2ccc(N(c3ccc(-c4ccc5oc6ccccc6c5c4)cc3)c3ccc(-c4cccc5ccccc45)cc3)c(C)c2)c1. The molecule has 11 rings (SSSR count). The van der Waals surface area contributed by atoms with Crippen LogP contribution in [-0.4, -0.2) is 4.57 Å². The highest BCUT2D eigenvalue weighted by atomic mass is 16.3. The van der Waals surface area contributed by atoms with Gasteiger partial charge in [0.25, 0.3) is 0 Å². The van der Waals surface area contributed by atoms with E-state index in [-0.39, 0.29) is 0 Å². The van der Waals surface area contributed by atoms with Crippen LogP contribution in [-0.2, 0) is 0 Å². The molecule has 0 aliphatic carbocycles. The molecule has 0 radical (unpaired) electrons. The highest BCUT2D eigenvalue weighted by molar-refractivity contribution is 6.06. The van der Waals surface area contributed by atoms with Gasteiger partial charge in [0.2, 0.25) is 0 Å². The summed E-state index contributed by atoms with van der Waals surface area (Å²) in [4.78, 5) is 2.38. The van der Waals surface area contributed by atoms with Crippen molar-refractivity contribution in [2.24, 2.45) is 0 Å². The minimum absolute atomic E-state index is 0.902. The van der Waals surface area contributed by atoms with Crippen molar-refractivity contribution in [3.05, 3.63) is 236 Å². The first-order valence-electron chi connectivity index (χ1n) is 21.5. The molecule has 0 saturated heterocycles. The lowest BCUT2D eigenvalue weighted by Gasteiger charge is -2.28. The van der Waals surface area contributed by atoms with Gasteiger partial charge in [-0.15, -0.1) is 0 Å². The molecule has 2 aromatic heterocycles. The number of allylic oxidation sites excluding steroid dienone is 2.